The van der Waals surface area contributed by atoms with Crippen LogP contribution in [0.5, 0.6) is 0 Å². The van der Waals surface area contributed by atoms with E-state index in [-0.39, 0.29) is 12.0 Å². The lowest BCUT2D eigenvalue weighted by molar-refractivity contribution is 0.202. The maximum Gasteiger partial charge on any atom is 0.145 e. The number of methoxy groups -OCH3 is 1. The third-order valence-electron chi connectivity index (χ3n) is 2.79. The van der Waals surface area contributed by atoms with Crippen molar-refractivity contribution in [3.05, 3.63) is 11.9 Å². The van der Waals surface area contributed by atoms with Crippen LogP contribution in [0.1, 0.15) is 26.6 Å². The van der Waals surface area contributed by atoms with Crippen molar-refractivity contribution in [2.45, 2.75) is 26.2 Å². The fourth-order valence-corrected chi connectivity index (χ4v) is 1.67. The van der Waals surface area contributed by atoms with Crippen molar-refractivity contribution in [1.82, 2.24) is 9.97 Å². The second-order valence-electron chi connectivity index (χ2n) is 5.53. The van der Waals surface area contributed by atoms with Crippen molar-refractivity contribution in [1.29, 1.82) is 0 Å². The number of hydrazine groups is 1. The molecule has 0 atom stereocenters. The molecule has 0 unspecified atom stereocenters. The number of hydrogen-bond acceptors (Lipinski definition) is 7. The molecule has 1 aromatic rings. The molecular formula is C13H25N5O2. The van der Waals surface area contributed by atoms with E-state index < -0.39 is 0 Å². The van der Waals surface area contributed by atoms with Gasteiger partial charge in [0, 0.05) is 31.7 Å². The summed E-state index contributed by atoms with van der Waals surface area (Å²) in [5.41, 5.74) is 2.37. The molecule has 1 aromatic heterocycles. The highest BCUT2D eigenvalue weighted by Crippen LogP contribution is 2.23. The number of ether oxygens (including phenoxy) is 1. The average molecular weight is 283 g/mol. The molecule has 0 amide bonds. The molecule has 7 heteroatoms. The van der Waals surface area contributed by atoms with E-state index in [1.165, 1.54) is 0 Å². The lowest BCUT2D eigenvalue weighted by Gasteiger charge is -2.25. The van der Waals surface area contributed by atoms with Crippen LogP contribution < -0.4 is 16.2 Å². The molecule has 0 saturated carbocycles. The van der Waals surface area contributed by atoms with Crippen molar-refractivity contribution in [2.24, 2.45) is 5.84 Å². The van der Waals surface area contributed by atoms with Crippen LogP contribution >= 0.6 is 0 Å². The first kappa shape index (κ1) is 16.6. The lowest BCUT2D eigenvalue weighted by atomic mass is 9.96. The van der Waals surface area contributed by atoms with Crippen molar-refractivity contribution < 1.29 is 9.84 Å². The van der Waals surface area contributed by atoms with Crippen molar-refractivity contribution in [3.63, 3.8) is 0 Å². The minimum absolute atomic E-state index is 0.0456. The first-order valence-electron chi connectivity index (χ1n) is 6.63. The van der Waals surface area contributed by atoms with Crippen LogP contribution in [-0.4, -0.2) is 48.5 Å². The Hall–Kier alpha value is -1.44. The lowest BCUT2D eigenvalue weighted by Crippen LogP contribution is -2.32. The van der Waals surface area contributed by atoms with Gasteiger partial charge in [-0.3, -0.25) is 0 Å². The molecular weight excluding hydrogens is 258 g/mol. The van der Waals surface area contributed by atoms with E-state index in [0.29, 0.717) is 31.3 Å². The number of anilines is 2. The summed E-state index contributed by atoms with van der Waals surface area (Å²) in [4.78, 5) is 10.9. The van der Waals surface area contributed by atoms with E-state index in [4.69, 9.17) is 10.6 Å². The number of nitrogen functional groups attached to an aromatic ring is 1. The van der Waals surface area contributed by atoms with Gasteiger partial charge in [0.2, 0.25) is 0 Å². The topological polar surface area (TPSA) is 96.5 Å². The molecule has 20 heavy (non-hydrogen) atoms. The Morgan fingerprint density at radius 3 is 2.55 bits per heavy atom. The highest BCUT2D eigenvalue weighted by atomic mass is 16.5. The van der Waals surface area contributed by atoms with Gasteiger partial charge in [0.05, 0.1) is 13.2 Å². The predicted octanol–water partition coefficient (Wildman–Crippen LogP) is 0.505. The predicted molar refractivity (Wildman–Crippen MR) is 79.7 cm³/mol. The zero-order valence-corrected chi connectivity index (χ0v) is 12.7. The van der Waals surface area contributed by atoms with Crippen molar-refractivity contribution >= 4 is 11.6 Å². The quantitative estimate of drug-likeness (QED) is 0.495. The molecule has 0 saturated heterocycles. The van der Waals surface area contributed by atoms with Crippen LogP contribution in [0.4, 0.5) is 11.6 Å². The zero-order chi connectivity index (χ0) is 15.2. The Morgan fingerprint density at radius 2 is 2.05 bits per heavy atom. The number of aliphatic hydroxyl groups is 1. The molecule has 114 valence electrons. The van der Waals surface area contributed by atoms with E-state index in [1.54, 1.807) is 13.2 Å². The van der Waals surface area contributed by atoms with Gasteiger partial charge in [-0.1, -0.05) is 20.8 Å². The second kappa shape index (κ2) is 7.37. The molecule has 7 nitrogen and oxygen atoms in total. The maximum absolute atomic E-state index is 9.19. The molecule has 0 bridgehead atoms. The van der Waals surface area contributed by atoms with Crippen molar-refractivity contribution in [3.8, 4) is 0 Å². The summed E-state index contributed by atoms with van der Waals surface area (Å²) in [6, 6.07) is 1.76. The van der Waals surface area contributed by atoms with Crippen LogP contribution in [0.25, 0.3) is 0 Å². The standard InChI is InChI=1S/C13H25N5O2/c1-13(2,3)12-15-10(17-14)9-11(16-12)18(5-7-19)6-8-20-4/h9,19H,5-8,14H2,1-4H3,(H,15,16,17). The van der Waals surface area contributed by atoms with Crippen LogP contribution in [-0.2, 0) is 10.2 Å². The maximum atomic E-state index is 9.19. The minimum Gasteiger partial charge on any atom is -0.395 e. The summed E-state index contributed by atoms with van der Waals surface area (Å²) in [6.07, 6.45) is 0. The Balaban J connectivity index is 3.12. The minimum atomic E-state index is -0.187. The third-order valence-corrected chi connectivity index (χ3v) is 2.79. The number of nitrogens with one attached hydrogen (secondary N) is 1. The Bertz CT molecular complexity index is 420. The second-order valence-corrected chi connectivity index (χ2v) is 5.53. The molecule has 0 radical (unpaired) electrons. The number of rotatable bonds is 7. The highest BCUT2D eigenvalue weighted by molar-refractivity contribution is 5.49. The summed E-state index contributed by atoms with van der Waals surface area (Å²) in [6.45, 7) is 7.84. The molecule has 0 aliphatic heterocycles. The van der Waals surface area contributed by atoms with Crippen LogP contribution in [0.3, 0.4) is 0 Å². The fraction of sp³-hybridized carbons (Fsp3) is 0.692. The molecule has 0 aromatic carbocycles. The molecule has 0 aliphatic rings. The average Bonchev–Trinajstić information content (AvgIpc) is 2.42. The Morgan fingerprint density at radius 1 is 1.35 bits per heavy atom. The van der Waals surface area contributed by atoms with E-state index >= 15 is 0 Å². The Kier molecular flexibility index (Phi) is 6.12. The van der Waals surface area contributed by atoms with E-state index in [1.807, 2.05) is 25.7 Å². The van der Waals surface area contributed by atoms with Gasteiger partial charge in [0.1, 0.15) is 17.5 Å². The smallest absolute Gasteiger partial charge is 0.145 e. The molecule has 0 aliphatic carbocycles. The Labute approximate surface area is 120 Å². The van der Waals surface area contributed by atoms with Gasteiger partial charge in [-0.25, -0.2) is 15.8 Å². The van der Waals surface area contributed by atoms with Gasteiger partial charge in [0.25, 0.3) is 0 Å². The molecule has 0 fully saturated rings. The zero-order valence-electron chi connectivity index (χ0n) is 12.7. The van der Waals surface area contributed by atoms with Crippen LogP contribution in [0.2, 0.25) is 0 Å². The van der Waals surface area contributed by atoms with Gasteiger partial charge in [-0.2, -0.15) is 0 Å². The highest BCUT2D eigenvalue weighted by Gasteiger charge is 2.20. The molecule has 0 spiro atoms. The molecule has 1 heterocycles. The van der Waals surface area contributed by atoms with Crippen molar-refractivity contribution in [2.75, 3.05) is 43.7 Å². The molecule has 1 rings (SSSR count). The van der Waals surface area contributed by atoms with Crippen LogP contribution in [0.15, 0.2) is 6.07 Å². The number of aromatic nitrogens is 2. The third kappa shape index (κ3) is 4.59. The SMILES string of the molecule is COCCN(CCO)c1cc(NN)nc(C(C)(C)C)n1. The van der Waals surface area contributed by atoms with Crippen LogP contribution in [0, 0.1) is 0 Å². The number of aliphatic hydroxyl groups excluding tert-OH is 1. The van der Waals surface area contributed by atoms with Gasteiger partial charge in [-0.15, -0.1) is 0 Å². The normalized spacial score (nSPS) is 11.5. The first-order valence-corrected chi connectivity index (χ1v) is 6.63. The van der Waals surface area contributed by atoms with E-state index in [0.717, 1.165) is 5.82 Å². The summed E-state index contributed by atoms with van der Waals surface area (Å²) in [7, 11) is 1.64. The summed E-state index contributed by atoms with van der Waals surface area (Å²) < 4.78 is 5.09. The summed E-state index contributed by atoms with van der Waals surface area (Å²) in [5, 5.41) is 9.19. The van der Waals surface area contributed by atoms with Gasteiger partial charge in [-0.05, 0) is 0 Å². The van der Waals surface area contributed by atoms with Gasteiger partial charge >= 0.3 is 0 Å². The number of nitrogens with two attached hydrogens (primary N) is 1. The van der Waals surface area contributed by atoms with Gasteiger partial charge in [0.15, 0.2) is 0 Å². The summed E-state index contributed by atoms with van der Waals surface area (Å²) >= 11 is 0. The van der Waals surface area contributed by atoms with E-state index in [9.17, 15) is 5.11 Å². The largest absolute Gasteiger partial charge is 0.395 e. The fourth-order valence-electron chi connectivity index (χ4n) is 1.67. The molecule has 4 N–H and O–H groups in total. The number of nitrogens with zero attached hydrogens (tertiary/aromatic N) is 3. The monoisotopic (exact) mass is 283 g/mol. The first-order chi connectivity index (χ1) is 9.42. The summed E-state index contributed by atoms with van der Waals surface area (Å²) in [5.74, 6) is 7.45. The van der Waals surface area contributed by atoms with Gasteiger partial charge < -0.3 is 20.2 Å². The van der Waals surface area contributed by atoms with E-state index in [2.05, 4.69) is 15.4 Å². The number of hydrogen-bond donors (Lipinski definition) is 3.